The number of hydrogen-bond acceptors (Lipinski definition) is 1. The van der Waals surface area contributed by atoms with E-state index in [-0.39, 0.29) is 0 Å². The lowest BCUT2D eigenvalue weighted by Gasteiger charge is -2.38. The van der Waals surface area contributed by atoms with Crippen LogP contribution in [-0.4, -0.2) is 9.44 Å². The second-order valence-corrected chi connectivity index (χ2v) is 8.11. The molecule has 0 heterocycles. The molecule has 0 aromatic heterocycles. The molecule has 2 aromatic rings. The van der Waals surface area contributed by atoms with Crippen LogP contribution in [0.15, 0.2) is 48.5 Å². The van der Waals surface area contributed by atoms with Crippen molar-refractivity contribution >= 4 is 34.8 Å². The maximum atomic E-state index is 11.8. The first-order chi connectivity index (χ1) is 10.2. The summed E-state index contributed by atoms with van der Waals surface area (Å²) in [6.45, 7) is 3.87. The molecule has 2 atom stereocenters. The molecule has 0 unspecified atom stereocenters. The van der Waals surface area contributed by atoms with Crippen molar-refractivity contribution in [1.82, 2.24) is 0 Å². The summed E-state index contributed by atoms with van der Waals surface area (Å²) >= 11 is 19.2. The Morgan fingerprint density at radius 3 is 2.00 bits per heavy atom. The van der Waals surface area contributed by atoms with E-state index in [4.69, 9.17) is 34.8 Å². The summed E-state index contributed by atoms with van der Waals surface area (Å²) in [6.07, 6.45) is 0.499. The van der Waals surface area contributed by atoms with E-state index in [1.807, 2.05) is 56.3 Å². The van der Waals surface area contributed by atoms with Crippen molar-refractivity contribution in [1.29, 1.82) is 0 Å². The van der Waals surface area contributed by atoms with E-state index in [2.05, 4.69) is 0 Å². The van der Waals surface area contributed by atoms with Crippen LogP contribution >= 0.6 is 34.8 Å². The Morgan fingerprint density at radius 1 is 1.00 bits per heavy atom. The third-order valence-electron chi connectivity index (χ3n) is 4.85. The summed E-state index contributed by atoms with van der Waals surface area (Å²) in [6, 6.07) is 15.0. The molecule has 0 aliphatic heterocycles. The van der Waals surface area contributed by atoms with Crippen molar-refractivity contribution in [3.05, 3.63) is 70.2 Å². The van der Waals surface area contributed by atoms with Gasteiger partial charge in [-0.3, -0.25) is 0 Å². The monoisotopic (exact) mass is 354 g/mol. The maximum Gasteiger partial charge on any atom is 0.127 e. The molecule has 1 nitrogen and oxygen atoms in total. The first kappa shape index (κ1) is 16.1. The Hall–Kier alpha value is -0.730. The van der Waals surface area contributed by atoms with Crippen LogP contribution < -0.4 is 0 Å². The first-order valence-corrected chi connectivity index (χ1v) is 8.29. The van der Waals surface area contributed by atoms with Gasteiger partial charge in [-0.2, -0.15) is 0 Å². The fourth-order valence-corrected chi connectivity index (χ4v) is 4.35. The molecule has 0 saturated heterocycles. The molecule has 1 saturated carbocycles. The standard InChI is InChI=1S/C18H17Cl3O/c1-12-7-3-4-8-13(12)18(22,16(2)11-17(16,20)21)14-9-5-6-10-15(14)19/h3-10,22H,11H2,1-2H3/t16-,18+/m1/s1. The van der Waals surface area contributed by atoms with E-state index in [0.29, 0.717) is 17.0 Å². The summed E-state index contributed by atoms with van der Waals surface area (Å²) in [4.78, 5) is 0. The van der Waals surface area contributed by atoms with Crippen molar-refractivity contribution in [3.8, 4) is 0 Å². The molecule has 1 fully saturated rings. The summed E-state index contributed by atoms with van der Waals surface area (Å²) in [5.41, 5.74) is 0.341. The van der Waals surface area contributed by atoms with Gasteiger partial charge in [0.25, 0.3) is 0 Å². The van der Waals surface area contributed by atoms with Crippen molar-refractivity contribution in [2.75, 3.05) is 0 Å². The Labute approximate surface area is 145 Å². The Morgan fingerprint density at radius 2 is 1.50 bits per heavy atom. The van der Waals surface area contributed by atoms with Crippen LogP contribution in [0.2, 0.25) is 5.02 Å². The van der Waals surface area contributed by atoms with E-state index in [9.17, 15) is 5.11 Å². The lowest BCUT2D eigenvalue weighted by Crippen LogP contribution is -2.40. The zero-order chi connectivity index (χ0) is 16.2. The fourth-order valence-electron chi connectivity index (χ4n) is 3.27. The van der Waals surface area contributed by atoms with E-state index >= 15 is 0 Å². The van der Waals surface area contributed by atoms with Gasteiger partial charge in [0.2, 0.25) is 0 Å². The fraction of sp³-hybridized carbons (Fsp3) is 0.333. The predicted molar refractivity (Wildman–Crippen MR) is 92.8 cm³/mol. The molecule has 1 N–H and O–H groups in total. The van der Waals surface area contributed by atoms with E-state index in [1.54, 1.807) is 6.07 Å². The Bertz CT molecular complexity index is 680. The summed E-state index contributed by atoms with van der Waals surface area (Å²) < 4.78 is -0.983. The number of benzene rings is 2. The summed E-state index contributed by atoms with van der Waals surface area (Å²) in [5.74, 6) is 0. The summed E-state index contributed by atoms with van der Waals surface area (Å²) in [7, 11) is 0. The molecule has 3 rings (SSSR count). The number of aryl methyl sites for hydroxylation is 1. The third kappa shape index (κ3) is 2.11. The Kier molecular flexibility index (Phi) is 3.77. The topological polar surface area (TPSA) is 20.2 Å². The molecule has 2 aromatic carbocycles. The summed E-state index contributed by atoms with van der Waals surface area (Å²) in [5, 5.41) is 12.3. The van der Waals surface area contributed by atoms with Crippen LogP contribution in [0, 0.1) is 12.3 Å². The zero-order valence-electron chi connectivity index (χ0n) is 12.4. The molecule has 0 spiro atoms. The molecule has 1 aliphatic rings. The van der Waals surface area contributed by atoms with Gasteiger partial charge in [0.05, 0.1) is 0 Å². The van der Waals surface area contributed by atoms with Crippen molar-refractivity contribution < 1.29 is 5.11 Å². The molecule has 0 bridgehead atoms. The van der Waals surface area contributed by atoms with Crippen LogP contribution in [0.4, 0.5) is 0 Å². The van der Waals surface area contributed by atoms with Gasteiger partial charge >= 0.3 is 0 Å². The molecule has 4 heteroatoms. The zero-order valence-corrected chi connectivity index (χ0v) is 14.7. The smallest absolute Gasteiger partial charge is 0.127 e. The van der Waals surface area contributed by atoms with Gasteiger partial charge in [0.15, 0.2) is 0 Å². The predicted octanol–water partition coefficient (Wildman–Crippen LogP) is 5.47. The minimum absolute atomic E-state index is 0.499. The third-order valence-corrected chi connectivity index (χ3v) is 6.29. The quantitative estimate of drug-likeness (QED) is 0.724. The minimum atomic E-state index is -1.35. The van der Waals surface area contributed by atoms with E-state index in [0.717, 1.165) is 11.1 Å². The molecular formula is C18H17Cl3O. The lowest BCUT2D eigenvalue weighted by molar-refractivity contribution is 0.00792. The van der Waals surface area contributed by atoms with Crippen molar-refractivity contribution in [2.24, 2.45) is 5.41 Å². The van der Waals surface area contributed by atoms with Crippen LogP contribution in [0.25, 0.3) is 0 Å². The molecule has 0 radical (unpaired) electrons. The molecular weight excluding hydrogens is 339 g/mol. The van der Waals surface area contributed by atoms with E-state index < -0.39 is 15.3 Å². The number of rotatable bonds is 3. The lowest BCUT2D eigenvalue weighted by atomic mass is 9.73. The first-order valence-electron chi connectivity index (χ1n) is 7.15. The second kappa shape index (κ2) is 5.14. The normalized spacial score (nSPS) is 25.5. The highest BCUT2D eigenvalue weighted by Crippen LogP contribution is 2.73. The SMILES string of the molecule is Cc1ccccc1[C@](O)(c1ccccc1Cl)[C@]1(C)CC1(Cl)Cl. The van der Waals surface area contributed by atoms with Gasteiger partial charge in [-0.05, 0) is 30.5 Å². The molecule has 116 valence electrons. The molecule has 1 aliphatic carbocycles. The van der Waals surface area contributed by atoms with Crippen LogP contribution in [-0.2, 0) is 5.60 Å². The number of aliphatic hydroxyl groups is 1. The van der Waals surface area contributed by atoms with Gasteiger partial charge < -0.3 is 5.11 Å². The highest BCUT2D eigenvalue weighted by molar-refractivity contribution is 6.51. The van der Waals surface area contributed by atoms with Gasteiger partial charge in [-0.25, -0.2) is 0 Å². The minimum Gasteiger partial charge on any atom is -0.380 e. The van der Waals surface area contributed by atoms with Crippen LogP contribution in [0.5, 0.6) is 0 Å². The number of halogens is 3. The maximum absolute atomic E-state index is 11.8. The van der Waals surface area contributed by atoms with Crippen molar-refractivity contribution in [3.63, 3.8) is 0 Å². The highest BCUT2D eigenvalue weighted by atomic mass is 35.5. The van der Waals surface area contributed by atoms with Gasteiger partial charge in [0, 0.05) is 16.0 Å². The number of alkyl halides is 2. The van der Waals surface area contributed by atoms with E-state index in [1.165, 1.54) is 0 Å². The number of hydrogen-bond donors (Lipinski definition) is 1. The van der Waals surface area contributed by atoms with Crippen LogP contribution in [0.1, 0.15) is 30.0 Å². The molecule has 22 heavy (non-hydrogen) atoms. The Balaban J connectivity index is 2.30. The van der Waals surface area contributed by atoms with Gasteiger partial charge in [-0.15, -0.1) is 23.2 Å². The van der Waals surface area contributed by atoms with Crippen molar-refractivity contribution in [2.45, 2.75) is 30.2 Å². The van der Waals surface area contributed by atoms with Gasteiger partial charge in [-0.1, -0.05) is 61.0 Å². The average Bonchev–Trinajstić information content (AvgIpc) is 2.99. The second-order valence-electron chi connectivity index (χ2n) is 6.22. The highest BCUT2D eigenvalue weighted by Gasteiger charge is 2.74. The largest absolute Gasteiger partial charge is 0.380 e. The van der Waals surface area contributed by atoms with Crippen LogP contribution in [0.3, 0.4) is 0 Å². The average molecular weight is 356 g/mol. The molecule has 0 amide bonds. The van der Waals surface area contributed by atoms with Gasteiger partial charge in [0.1, 0.15) is 9.93 Å².